The van der Waals surface area contributed by atoms with Crippen LogP contribution in [0.5, 0.6) is 0 Å². The molecule has 0 saturated carbocycles. The quantitative estimate of drug-likeness (QED) is 0.357. The van der Waals surface area contributed by atoms with Gasteiger partial charge in [-0.15, -0.1) is 0 Å². The molecule has 2 aromatic carbocycles. The molecular weight excluding hydrogens is 368 g/mol. The Labute approximate surface area is 160 Å². The summed E-state index contributed by atoms with van der Waals surface area (Å²) in [6.07, 6.45) is -3.97. The zero-order chi connectivity index (χ0) is 20.7. The van der Waals surface area contributed by atoms with Crippen LogP contribution >= 0.6 is 0 Å². The van der Waals surface area contributed by atoms with Crippen LogP contribution in [0, 0.1) is 10.1 Å². The summed E-state index contributed by atoms with van der Waals surface area (Å²) >= 11 is 0. The Kier molecular flexibility index (Phi) is 7.19. The Balaban J connectivity index is 1.96. The van der Waals surface area contributed by atoms with Crippen molar-refractivity contribution in [3.8, 4) is 0 Å². The van der Waals surface area contributed by atoms with Gasteiger partial charge in [0.1, 0.15) is 18.8 Å². The number of ether oxygens (including phenoxy) is 1. The average molecular weight is 388 g/mol. The fraction of sp³-hybridized carbons (Fsp3) is 0.263. The number of nitrogens with zero attached hydrogens (tertiary/aromatic N) is 1. The summed E-state index contributed by atoms with van der Waals surface area (Å²) in [5, 5.41) is 33.8. The Morgan fingerprint density at radius 2 is 1.86 bits per heavy atom. The van der Waals surface area contributed by atoms with E-state index in [1.807, 2.05) is 6.07 Å². The van der Waals surface area contributed by atoms with Crippen molar-refractivity contribution in [1.29, 1.82) is 0 Å². The molecule has 1 amide bonds. The molecule has 148 valence electrons. The van der Waals surface area contributed by atoms with Crippen LogP contribution in [0.2, 0.25) is 0 Å². The number of nitro benzene ring substituents is 1. The van der Waals surface area contributed by atoms with Crippen LogP contribution in [0.15, 0.2) is 48.5 Å². The molecule has 0 spiro atoms. The van der Waals surface area contributed by atoms with E-state index in [2.05, 4.69) is 5.32 Å². The van der Waals surface area contributed by atoms with Gasteiger partial charge in [0.15, 0.2) is 5.78 Å². The summed E-state index contributed by atoms with van der Waals surface area (Å²) in [5.74, 6) is -0.368. The number of alkyl carbamates (subject to hydrolysis) is 1. The molecule has 9 nitrogen and oxygen atoms in total. The molecule has 9 heteroatoms. The van der Waals surface area contributed by atoms with Crippen molar-refractivity contribution in [3.05, 3.63) is 75.3 Å². The monoisotopic (exact) mass is 388 g/mol. The van der Waals surface area contributed by atoms with E-state index in [-0.39, 0.29) is 30.1 Å². The van der Waals surface area contributed by atoms with Gasteiger partial charge in [-0.05, 0) is 18.6 Å². The van der Waals surface area contributed by atoms with Crippen LogP contribution in [0.4, 0.5) is 10.5 Å². The number of aliphatic hydroxyl groups excluding tert-OH is 2. The van der Waals surface area contributed by atoms with E-state index in [4.69, 9.17) is 4.74 Å². The summed E-state index contributed by atoms with van der Waals surface area (Å²) in [7, 11) is 0. The lowest BCUT2D eigenvalue weighted by Gasteiger charge is -2.19. The van der Waals surface area contributed by atoms with Gasteiger partial charge in [0.05, 0.1) is 10.5 Å². The van der Waals surface area contributed by atoms with Crippen molar-refractivity contribution in [2.75, 3.05) is 6.54 Å². The number of aliphatic hydroxyl groups is 2. The third-order valence-corrected chi connectivity index (χ3v) is 3.99. The first kappa shape index (κ1) is 21.0. The molecule has 2 atom stereocenters. The van der Waals surface area contributed by atoms with Gasteiger partial charge in [0.2, 0.25) is 0 Å². The molecule has 0 radical (unpaired) electrons. The van der Waals surface area contributed by atoms with Gasteiger partial charge in [0.25, 0.3) is 5.69 Å². The zero-order valence-electron chi connectivity index (χ0n) is 15.1. The van der Waals surface area contributed by atoms with Crippen molar-refractivity contribution in [2.45, 2.75) is 25.7 Å². The second kappa shape index (κ2) is 9.58. The van der Waals surface area contributed by atoms with Crippen LogP contribution in [-0.4, -0.2) is 39.7 Å². The fourth-order valence-electron chi connectivity index (χ4n) is 2.45. The number of nitrogens with one attached hydrogen (secondary N) is 1. The van der Waals surface area contributed by atoms with Crippen molar-refractivity contribution in [1.82, 2.24) is 5.32 Å². The molecule has 0 aliphatic carbocycles. The Morgan fingerprint density at radius 1 is 1.18 bits per heavy atom. The van der Waals surface area contributed by atoms with Crippen LogP contribution in [0.3, 0.4) is 0 Å². The second-order valence-electron chi connectivity index (χ2n) is 6.04. The van der Waals surface area contributed by atoms with Gasteiger partial charge in [-0.3, -0.25) is 14.9 Å². The van der Waals surface area contributed by atoms with Crippen molar-refractivity contribution >= 4 is 17.6 Å². The largest absolute Gasteiger partial charge is 0.445 e. The highest BCUT2D eigenvalue weighted by atomic mass is 16.6. The van der Waals surface area contributed by atoms with Gasteiger partial charge in [-0.25, -0.2) is 4.79 Å². The highest BCUT2D eigenvalue weighted by Gasteiger charge is 2.27. The summed E-state index contributed by atoms with van der Waals surface area (Å²) < 4.78 is 4.98. The highest BCUT2D eigenvalue weighted by molar-refractivity contribution is 5.94. The lowest BCUT2D eigenvalue weighted by molar-refractivity contribution is -0.386. The molecule has 0 bridgehead atoms. The van der Waals surface area contributed by atoms with E-state index in [0.29, 0.717) is 0 Å². The van der Waals surface area contributed by atoms with E-state index in [1.165, 1.54) is 19.1 Å². The summed E-state index contributed by atoms with van der Waals surface area (Å²) in [4.78, 5) is 33.6. The smallest absolute Gasteiger partial charge is 0.407 e. The molecule has 28 heavy (non-hydrogen) atoms. The number of hydrogen-bond donors (Lipinski definition) is 3. The molecular formula is C19H20N2O7. The van der Waals surface area contributed by atoms with Gasteiger partial charge in [-0.1, -0.05) is 36.4 Å². The maximum absolute atomic E-state index is 11.7. The first-order chi connectivity index (χ1) is 13.3. The summed E-state index contributed by atoms with van der Waals surface area (Å²) in [5.41, 5.74) is 0.229. The van der Waals surface area contributed by atoms with Gasteiger partial charge in [-0.2, -0.15) is 0 Å². The Morgan fingerprint density at radius 3 is 2.46 bits per heavy atom. The Hall–Kier alpha value is -3.30. The summed E-state index contributed by atoms with van der Waals surface area (Å²) in [6.45, 7) is 0.901. The number of ketones is 1. The van der Waals surface area contributed by atoms with Gasteiger partial charge < -0.3 is 20.3 Å². The minimum atomic E-state index is -1.64. The highest BCUT2D eigenvalue weighted by Crippen LogP contribution is 2.28. The molecule has 0 fully saturated rings. The van der Waals surface area contributed by atoms with E-state index < -0.39 is 28.9 Å². The lowest BCUT2D eigenvalue weighted by atomic mass is 9.99. The minimum absolute atomic E-state index is 0.0311. The van der Waals surface area contributed by atoms with Crippen LogP contribution in [0.25, 0.3) is 0 Å². The number of nitro groups is 1. The topological polar surface area (TPSA) is 139 Å². The van der Waals surface area contributed by atoms with E-state index in [9.17, 15) is 29.9 Å². The Bertz CT molecular complexity index is 855. The van der Waals surface area contributed by atoms with Crippen molar-refractivity contribution in [3.63, 3.8) is 0 Å². The number of benzene rings is 2. The number of carbonyl (C=O) groups is 2. The SMILES string of the molecule is CC(=O)c1ccc(C(O)C(O)CNC(=O)OCc2ccccc2)c([N+](=O)[O-])c1. The van der Waals surface area contributed by atoms with Gasteiger partial charge in [0, 0.05) is 18.2 Å². The first-order valence-electron chi connectivity index (χ1n) is 8.39. The number of amides is 1. The second-order valence-corrected chi connectivity index (χ2v) is 6.04. The standard InChI is InChI=1S/C19H20N2O7/c1-12(22)14-7-8-15(16(9-14)21(26)27)18(24)17(23)10-20-19(25)28-11-13-5-3-2-4-6-13/h2-9,17-18,23-24H,10-11H2,1H3,(H,20,25). The molecule has 3 N–H and O–H groups in total. The zero-order valence-corrected chi connectivity index (χ0v) is 15.1. The third kappa shape index (κ3) is 5.60. The average Bonchev–Trinajstić information content (AvgIpc) is 2.70. The molecule has 2 aromatic rings. The number of Topliss-reactive ketones (excluding diaryl/α,β-unsaturated/α-hetero) is 1. The predicted molar refractivity (Wildman–Crippen MR) is 98.7 cm³/mol. The lowest BCUT2D eigenvalue weighted by Crippen LogP contribution is -2.36. The number of carbonyl (C=O) groups excluding carboxylic acids is 2. The molecule has 2 rings (SSSR count). The fourth-order valence-corrected chi connectivity index (χ4v) is 2.45. The molecule has 0 aromatic heterocycles. The maximum Gasteiger partial charge on any atom is 0.407 e. The summed E-state index contributed by atoms with van der Waals surface area (Å²) in [6, 6.07) is 12.5. The molecule has 0 saturated heterocycles. The molecule has 2 unspecified atom stereocenters. The van der Waals surface area contributed by atoms with E-state index >= 15 is 0 Å². The van der Waals surface area contributed by atoms with Crippen molar-refractivity contribution < 1.29 is 29.5 Å². The third-order valence-electron chi connectivity index (χ3n) is 3.99. The van der Waals surface area contributed by atoms with E-state index in [0.717, 1.165) is 11.6 Å². The number of rotatable bonds is 8. The normalized spacial score (nSPS) is 12.7. The molecule has 0 aliphatic heterocycles. The number of hydrogen-bond acceptors (Lipinski definition) is 7. The van der Waals surface area contributed by atoms with Crippen LogP contribution in [0.1, 0.15) is 34.5 Å². The van der Waals surface area contributed by atoms with Crippen LogP contribution < -0.4 is 5.32 Å². The first-order valence-corrected chi connectivity index (χ1v) is 8.39. The maximum atomic E-state index is 11.7. The molecule has 0 aliphatic rings. The van der Waals surface area contributed by atoms with Gasteiger partial charge >= 0.3 is 6.09 Å². The van der Waals surface area contributed by atoms with Crippen molar-refractivity contribution in [2.24, 2.45) is 0 Å². The minimum Gasteiger partial charge on any atom is -0.445 e. The predicted octanol–water partition coefficient (Wildman–Crippen LogP) is 2.12. The molecule has 0 heterocycles. The van der Waals surface area contributed by atoms with E-state index in [1.54, 1.807) is 24.3 Å². The van der Waals surface area contributed by atoms with Crippen LogP contribution in [-0.2, 0) is 11.3 Å².